The number of hydrogen-bond acceptors (Lipinski definition) is 5. The minimum absolute atomic E-state index is 0.163. The number of nitrogens with one attached hydrogen (secondary N) is 1. The molecule has 6 nitrogen and oxygen atoms in total. The molecule has 0 saturated heterocycles. The van der Waals surface area contributed by atoms with E-state index in [1.807, 2.05) is 31.2 Å². The second-order valence-electron chi connectivity index (χ2n) is 5.47. The number of thioether (sulfide) groups is 1. The number of aromatic nitrogens is 4. The number of tetrazole rings is 1. The molecule has 0 bridgehead atoms. The predicted molar refractivity (Wildman–Crippen MR) is 94.2 cm³/mol. The molecule has 0 aliphatic rings. The third kappa shape index (κ3) is 4.21. The van der Waals surface area contributed by atoms with Crippen LogP contribution in [0, 0.1) is 12.7 Å². The first-order valence-electron chi connectivity index (χ1n) is 7.61. The average molecular weight is 357 g/mol. The Kier molecular flexibility index (Phi) is 5.08. The Labute approximate surface area is 148 Å². The van der Waals surface area contributed by atoms with Crippen LogP contribution in [0.5, 0.6) is 0 Å². The molecule has 128 valence electrons. The van der Waals surface area contributed by atoms with Gasteiger partial charge in [0.2, 0.25) is 11.1 Å². The molecule has 1 atom stereocenters. The standard InChI is InChI=1S/C17H16FN5OS/c1-11-5-3-7-14(9-11)19-16(24)12(2)25-17-20-21-22-23(17)15-8-4-6-13(18)10-15/h3-10,12H,1-2H3,(H,19,24)/t12-/m1/s1. The van der Waals surface area contributed by atoms with Gasteiger partial charge in [0.15, 0.2) is 0 Å². The fourth-order valence-corrected chi connectivity index (χ4v) is 3.01. The summed E-state index contributed by atoms with van der Waals surface area (Å²) in [5.74, 6) is -0.543. The number of hydrogen-bond donors (Lipinski definition) is 1. The number of rotatable bonds is 5. The summed E-state index contributed by atoms with van der Waals surface area (Å²) in [6, 6.07) is 13.5. The van der Waals surface area contributed by atoms with Crippen molar-refractivity contribution in [1.82, 2.24) is 20.2 Å². The summed E-state index contributed by atoms with van der Waals surface area (Å²) in [4.78, 5) is 12.4. The van der Waals surface area contributed by atoms with E-state index in [4.69, 9.17) is 0 Å². The van der Waals surface area contributed by atoms with Crippen LogP contribution >= 0.6 is 11.8 Å². The van der Waals surface area contributed by atoms with Gasteiger partial charge in [-0.2, -0.15) is 4.68 Å². The fourth-order valence-electron chi connectivity index (χ4n) is 2.20. The van der Waals surface area contributed by atoms with E-state index >= 15 is 0 Å². The molecule has 25 heavy (non-hydrogen) atoms. The molecular formula is C17H16FN5OS. The van der Waals surface area contributed by atoms with Crippen LogP contribution in [0.3, 0.4) is 0 Å². The topological polar surface area (TPSA) is 72.7 Å². The molecule has 3 aromatic rings. The van der Waals surface area contributed by atoms with Crippen molar-refractivity contribution in [3.63, 3.8) is 0 Å². The van der Waals surface area contributed by atoms with Crippen LogP contribution in [0.2, 0.25) is 0 Å². The third-order valence-electron chi connectivity index (χ3n) is 3.43. The lowest BCUT2D eigenvalue weighted by Gasteiger charge is -2.12. The van der Waals surface area contributed by atoms with E-state index in [2.05, 4.69) is 20.8 Å². The summed E-state index contributed by atoms with van der Waals surface area (Å²) in [6.07, 6.45) is 0. The first-order chi connectivity index (χ1) is 12.0. The van der Waals surface area contributed by atoms with Gasteiger partial charge >= 0.3 is 0 Å². The number of aryl methyl sites for hydroxylation is 1. The third-order valence-corrected chi connectivity index (χ3v) is 4.46. The summed E-state index contributed by atoms with van der Waals surface area (Å²) in [7, 11) is 0. The van der Waals surface area contributed by atoms with Crippen molar-refractivity contribution in [2.45, 2.75) is 24.3 Å². The molecule has 0 radical (unpaired) electrons. The quantitative estimate of drug-likeness (QED) is 0.710. The van der Waals surface area contributed by atoms with Crippen molar-refractivity contribution in [2.24, 2.45) is 0 Å². The van der Waals surface area contributed by atoms with Crippen molar-refractivity contribution in [3.05, 3.63) is 59.9 Å². The highest BCUT2D eigenvalue weighted by Gasteiger charge is 2.19. The highest BCUT2D eigenvalue weighted by Crippen LogP contribution is 2.24. The summed E-state index contributed by atoms with van der Waals surface area (Å²) < 4.78 is 14.8. The zero-order chi connectivity index (χ0) is 17.8. The average Bonchev–Trinajstić information content (AvgIpc) is 3.03. The van der Waals surface area contributed by atoms with Gasteiger partial charge in [-0.15, -0.1) is 5.10 Å². The Morgan fingerprint density at radius 2 is 2.04 bits per heavy atom. The Balaban J connectivity index is 1.72. The van der Waals surface area contributed by atoms with E-state index in [1.54, 1.807) is 19.1 Å². The first-order valence-corrected chi connectivity index (χ1v) is 8.49. The number of carbonyl (C=O) groups is 1. The maximum atomic E-state index is 13.4. The SMILES string of the molecule is Cc1cccc(NC(=O)[C@@H](C)Sc2nnnn2-c2cccc(F)c2)c1. The van der Waals surface area contributed by atoms with Gasteiger partial charge in [-0.25, -0.2) is 4.39 Å². The molecule has 2 aromatic carbocycles. The Morgan fingerprint density at radius 1 is 1.24 bits per heavy atom. The van der Waals surface area contributed by atoms with Crippen LogP contribution in [0.25, 0.3) is 5.69 Å². The van der Waals surface area contributed by atoms with Crippen LogP contribution in [-0.2, 0) is 4.79 Å². The molecule has 0 saturated carbocycles. The first kappa shape index (κ1) is 17.1. The van der Waals surface area contributed by atoms with E-state index < -0.39 is 5.25 Å². The lowest BCUT2D eigenvalue weighted by Crippen LogP contribution is -2.23. The molecule has 0 fully saturated rings. The second kappa shape index (κ2) is 7.43. The zero-order valence-electron chi connectivity index (χ0n) is 13.7. The normalized spacial score (nSPS) is 12.0. The molecule has 1 N–H and O–H groups in total. The van der Waals surface area contributed by atoms with E-state index in [9.17, 15) is 9.18 Å². The number of carbonyl (C=O) groups excluding carboxylic acids is 1. The van der Waals surface area contributed by atoms with Gasteiger partial charge in [0.05, 0.1) is 10.9 Å². The van der Waals surface area contributed by atoms with Gasteiger partial charge in [0, 0.05) is 5.69 Å². The largest absolute Gasteiger partial charge is 0.325 e. The molecule has 0 aliphatic heterocycles. The Hall–Kier alpha value is -2.74. The van der Waals surface area contributed by atoms with Crippen LogP contribution in [0.4, 0.5) is 10.1 Å². The molecule has 0 unspecified atom stereocenters. The van der Waals surface area contributed by atoms with E-state index in [-0.39, 0.29) is 11.7 Å². The van der Waals surface area contributed by atoms with Crippen LogP contribution in [0.15, 0.2) is 53.7 Å². The molecule has 8 heteroatoms. The summed E-state index contributed by atoms with van der Waals surface area (Å²) in [5.41, 5.74) is 2.30. The van der Waals surface area contributed by atoms with Gasteiger partial charge in [0.1, 0.15) is 5.82 Å². The summed E-state index contributed by atoms with van der Waals surface area (Å²) in [5, 5.41) is 14.3. The van der Waals surface area contributed by atoms with Gasteiger partial charge < -0.3 is 5.32 Å². The zero-order valence-corrected chi connectivity index (χ0v) is 14.5. The van der Waals surface area contributed by atoms with Gasteiger partial charge in [0.25, 0.3) is 0 Å². The van der Waals surface area contributed by atoms with E-state index in [0.717, 1.165) is 11.3 Å². The highest BCUT2D eigenvalue weighted by atomic mass is 32.2. The number of amides is 1. The minimum atomic E-state index is -0.432. The monoisotopic (exact) mass is 357 g/mol. The van der Waals surface area contributed by atoms with Crippen LogP contribution in [0.1, 0.15) is 12.5 Å². The smallest absolute Gasteiger partial charge is 0.237 e. The van der Waals surface area contributed by atoms with Crippen molar-refractivity contribution < 1.29 is 9.18 Å². The molecule has 1 heterocycles. The predicted octanol–water partition coefficient (Wildman–Crippen LogP) is 3.23. The lowest BCUT2D eigenvalue weighted by atomic mass is 10.2. The molecule has 1 amide bonds. The fraction of sp³-hybridized carbons (Fsp3) is 0.176. The van der Waals surface area contributed by atoms with Crippen molar-refractivity contribution in [1.29, 1.82) is 0 Å². The van der Waals surface area contributed by atoms with Gasteiger partial charge in [-0.05, 0) is 60.2 Å². The maximum Gasteiger partial charge on any atom is 0.237 e. The number of benzene rings is 2. The van der Waals surface area contributed by atoms with Gasteiger partial charge in [-0.1, -0.05) is 30.0 Å². The molecule has 0 spiro atoms. The highest BCUT2D eigenvalue weighted by molar-refractivity contribution is 8.00. The van der Waals surface area contributed by atoms with Crippen molar-refractivity contribution in [3.8, 4) is 5.69 Å². The molecule has 1 aromatic heterocycles. The Morgan fingerprint density at radius 3 is 2.80 bits per heavy atom. The van der Waals surface area contributed by atoms with Crippen LogP contribution in [-0.4, -0.2) is 31.4 Å². The van der Waals surface area contributed by atoms with Gasteiger partial charge in [-0.3, -0.25) is 4.79 Å². The Bertz CT molecular complexity index is 898. The van der Waals surface area contributed by atoms with E-state index in [1.165, 1.54) is 28.6 Å². The van der Waals surface area contributed by atoms with E-state index in [0.29, 0.717) is 10.8 Å². The maximum absolute atomic E-state index is 13.4. The lowest BCUT2D eigenvalue weighted by molar-refractivity contribution is -0.115. The summed E-state index contributed by atoms with van der Waals surface area (Å²) in [6.45, 7) is 3.72. The number of nitrogens with zero attached hydrogens (tertiary/aromatic N) is 4. The number of anilines is 1. The minimum Gasteiger partial charge on any atom is -0.325 e. The molecule has 0 aliphatic carbocycles. The van der Waals surface area contributed by atoms with Crippen molar-refractivity contribution >= 4 is 23.4 Å². The molecular weight excluding hydrogens is 341 g/mol. The summed E-state index contributed by atoms with van der Waals surface area (Å²) >= 11 is 1.20. The van der Waals surface area contributed by atoms with Crippen molar-refractivity contribution in [2.75, 3.05) is 5.32 Å². The second-order valence-corrected chi connectivity index (χ2v) is 6.78. The van der Waals surface area contributed by atoms with Crippen LogP contribution < -0.4 is 5.32 Å². The molecule has 3 rings (SSSR count). The number of halogens is 1.